The number of amidine groups is 1. The molecule has 1 fully saturated rings. The lowest BCUT2D eigenvalue weighted by atomic mass is 9.91. The van der Waals surface area contributed by atoms with E-state index in [1.165, 1.54) is 7.11 Å². The molecule has 6 heteroatoms. The van der Waals surface area contributed by atoms with Gasteiger partial charge in [0, 0.05) is 12.0 Å². The number of nitriles is 1. The van der Waals surface area contributed by atoms with Gasteiger partial charge in [-0.15, -0.1) is 0 Å². The maximum absolute atomic E-state index is 9.14. The van der Waals surface area contributed by atoms with Crippen molar-refractivity contribution >= 4 is 6.02 Å². The average molecular weight is 349 g/mol. The second-order valence-corrected chi connectivity index (χ2v) is 6.34. The maximum atomic E-state index is 9.14. The number of methoxy groups -OCH3 is 1. The molecule has 132 valence electrons. The number of fused-ring (bicyclic) bond motifs is 2. The average Bonchev–Trinajstić information content (AvgIpc) is 3.15. The summed E-state index contributed by atoms with van der Waals surface area (Å²) < 4.78 is 17.0. The van der Waals surface area contributed by atoms with E-state index in [0.29, 0.717) is 12.2 Å². The molecule has 26 heavy (non-hydrogen) atoms. The molecule has 2 aromatic carbocycles. The van der Waals surface area contributed by atoms with Gasteiger partial charge >= 0.3 is 0 Å². The second-order valence-electron chi connectivity index (χ2n) is 6.34. The molecule has 2 aromatic rings. The minimum Gasteiger partial charge on any atom is -0.487 e. The van der Waals surface area contributed by atoms with Crippen molar-refractivity contribution in [2.45, 2.75) is 24.7 Å². The number of hydrogen-bond acceptors (Lipinski definition) is 5. The van der Waals surface area contributed by atoms with E-state index in [1.807, 2.05) is 36.4 Å². The molecule has 0 aliphatic carbocycles. The molecule has 2 heterocycles. The summed E-state index contributed by atoms with van der Waals surface area (Å²) in [5.74, 6) is 0.787. The highest BCUT2D eigenvalue weighted by atomic mass is 16.6. The molecule has 0 saturated carbocycles. The standard InChI is InChI=1S/C20H19N3O3/c1-24-20(22)23-18-15-10-14(13-4-2-3-12(9-13)11-21)5-6-16(15)26-17-7-8-25-19(17)18/h2-6,9-10,17-19H,7-8H2,1H3,(H2,22,23). The molecule has 0 aromatic heterocycles. The summed E-state index contributed by atoms with van der Waals surface area (Å²) in [5.41, 5.74) is 9.30. The van der Waals surface area contributed by atoms with Crippen LogP contribution in [0.3, 0.4) is 0 Å². The van der Waals surface area contributed by atoms with Crippen LogP contribution < -0.4 is 10.5 Å². The smallest absolute Gasteiger partial charge is 0.282 e. The van der Waals surface area contributed by atoms with Crippen LogP contribution in [-0.2, 0) is 9.47 Å². The number of nitrogens with zero attached hydrogens (tertiary/aromatic N) is 2. The quantitative estimate of drug-likeness (QED) is 0.665. The number of ether oxygens (including phenoxy) is 3. The first-order chi connectivity index (χ1) is 12.7. The van der Waals surface area contributed by atoms with Crippen LogP contribution in [0, 0.1) is 11.3 Å². The minimum absolute atomic E-state index is 0.0336. The number of benzene rings is 2. The van der Waals surface area contributed by atoms with E-state index >= 15 is 0 Å². The molecular formula is C20H19N3O3. The minimum atomic E-state index is -0.287. The Morgan fingerprint density at radius 3 is 2.92 bits per heavy atom. The predicted octanol–water partition coefficient (Wildman–Crippen LogP) is 2.78. The van der Waals surface area contributed by atoms with Crippen LogP contribution in [0.5, 0.6) is 5.75 Å². The summed E-state index contributed by atoms with van der Waals surface area (Å²) in [6.45, 7) is 0.638. The first-order valence-corrected chi connectivity index (χ1v) is 8.49. The van der Waals surface area contributed by atoms with Crippen LogP contribution >= 0.6 is 0 Å². The molecule has 2 aliphatic rings. The molecule has 6 nitrogen and oxygen atoms in total. The van der Waals surface area contributed by atoms with Gasteiger partial charge in [0.2, 0.25) is 0 Å². The van der Waals surface area contributed by atoms with Crippen molar-refractivity contribution in [3.8, 4) is 22.9 Å². The highest BCUT2D eigenvalue weighted by Gasteiger charge is 2.43. The molecule has 4 rings (SSSR count). The fourth-order valence-corrected chi connectivity index (χ4v) is 3.52. The van der Waals surface area contributed by atoms with Gasteiger partial charge in [-0.25, -0.2) is 4.99 Å². The Hall–Kier alpha value is -3.04. The maximum Gasteiger partial charge on any atom is 0.282 e. The van der Waals surface area contributed by atoms with Gasteiger partial charge in [-0.05, 0) is 35.4 Å². The SMILES string of the molecule is COC(N)=NC1c2cc(-c3cccc(C#N)c3)ccc2OC2CCOC21. The second kappa shape index (κ2) is 6.70. The summed E-state index contributed by atoms with van der Waals surface area (Å²) in [4.78, 5) is 4.52. The summed E-state index contributed by atoms with van der Waals surface area (Å²) in [7, 11) is 1.50. The zero-order valence-corrected chi connectivity index (χ0v) is 14.4. The zero-order chi connectivity index (χ0) is 18.1. The van der Waals surface area contributed by atoms with Gasteiger partial charge in [-0.2, -0.15) is 5.26 Å². The third-order valence-corrected chi connectivity index (χ3v) is 4.80. The number of hydrogen-bond donors (Lipinski definition) is 1. The van der Waals surface area contributed by atoms with Gasteiger partial charge in [0.1, 0.15) is 24.0 Å². The molecule has 3 unspecified atom stereocenters. The molecule has 2 aliphatic heterocycles. The molecule has 0 amide bonds. The monoisotopic (exact) mass is 349 g/mol. The number of rotatable bonds is 2. The Morgan fingerprint density at radius 2 is 2.12 bits per heavy atom. The van der Waals surface area contributed by atoms with Gasteiger partial charge in [0.05, 0.1) is 25.3 Å². The van der Waals surface area contributed by atoms with Crippen molar-refractivity contribution in [2.75, 3.05) is 13.7 Å². The largest absolute Gasteiger partial charge is 0.487 e. The molecule has 0 spiro atoms. The lowest BCUT2D eigenvalue weighted by Crippen LogP contribution is -2.37. The lowest BCUT2D eigenvalue weighted by Gasteiger charge is -2.33. The van der Waals surface area contributed by atoms with E-state index in [9.17, 15) is 0 Å². The van der Waals surface area contributed by atoms with E-state index in [1.54, 1.807) is 6.07 Å². The molecule has 0 bridgehead atoms. The fourth-order valence-electron chi connectivity index (χ4n) is 3.52. The molecular weight excluding hydrogens is 330 g/mol. The Labute approximate surface area is 151 Å². The summed E-state index contributed by atoms with van der Waals surface area (Å²) >= 11 is 0. The Kier molecular flexibility index (Phi) is 4.23. The highest BCUT2D eigenvalue weighted by Crippen LogP contribution is 2.43. The summed E-state index contributed by atoms with van der Waals surface area (Å²) in [6, 6.07) is 15.5. The normalized spacial score (nSPS) is 24.2. The van der Waals surface area contributed by atoms with Crippen LogP contribution in [0.2, 0.25) is 0 Å². The van der Waals surface area contributed by atoms with E-state index < -0.39 is 0 Å². The van der Waals surface area contributed by atoms with Crippen molar-refractivity contribution in [2.24, 2.45) is 10.7 Å². The van der Waals surface area contributed by atoms with Gasteiger partial charge in [-0.3, -0.25) is 0 Å². The van der Waals surface area contributed by atoms with Crippen LogP contribution in [0.1, 0.15) is 23.6 Å². The molecule has 3 atom stereocenters. The fraction of sp³-hybridized carbons (Fsp3) is 0.300. The lowest BCUT2D eigenvalue weighted by molar-refractivity contribution is 0.0207. The Morgan fingerprint density at radius 1 is 1.27 bits per heavy atom. The van der Waals surface area contributed by atoms with Gasteiger partial charge in [0.25, 0.3) is 6.02 Å². The van der Waals surface area contributed by atoms with Crippen molar-refractivity contribution < 1.29 is 14.2 Å². The van der Waals surface area contributed by atoms with Crippen molar-refractivity contribution in [1.82, 2.24) is 0 Å². The van der Waals surface area contributed by atoms with Gasteiger partial charge in [-0.1, -0.05) is 18.2 Å². The van der Waals surface area contributed by atoms with Crippen LogP contribution in [0.4, 0.5) is 0 Å². The number of aliphatic imine (C=N–C) groups is 1. The summed E-state index contributed by atoms with van der Waals surface area (Å²) in [6.07, 6.45) is 0.611. The van der Waals surface area contributed by atoms with Gasteiger partial charge in [0.15, 0.2) is 0 Å². The van der Waals surface area contributed by atoms with Gasteiger partial charge < -0.3 is 19.9 Å². The van der Waals surface area contributed by atoms with Crippen molar-refractivity contribution in [3.63, 3.8) is 0 Å². The first-order valence-electron chi connectivity index (χ1n) is 8.49. The van der Waals surface area contributed by atoms with Crippen LogP contribution in [-0.4, -0.2) is 31.9 Å². The van der Waals surface area contributed by atoms with E-state index in [-0.39, 0.29) is 24.3 Å². The topological polar surface area (TPSA) is 89.9 Å². The predicted molar refractivity (Wildman–Crippen MR) is 96.7 cm³/mol. The van der Waals surface area contributed by atoms with Crippen LogP contribution in [0.25, 0.3) is 11.1 Å². The first kappa shape index (κ1) is 16.4. The molecule has 2 N–H and O–H groups in total. The molecule has 0 radical (unpaired) electrons. The van der Waals surface area contributed by atoms with Crippen LogP contribution in [0.15, 0.2) is 47.5 Å². The van der Waals surface area contributed by atoms with Crippen molar-refractivity contribution in [1.29, 1.82) is 5.26 Å². The van der Waals surface area contributed by atoms with E-state index in [0.717, 1.165) is 28.9 Å². The number of nitrogens with two attached hydrogens (primary N) is 1. The highest BCUT2D eigenvalue weighted by molar-refractivity contribution is 5.72. The van der Waals surface area contributed by atoms with Crippen molar-refractivity contribution in [3.05, 3.63) is 53.6 Å². The molecule has 1 saturated heterocycles. The van der Waals surface area contributed by atoms with E-state index in [4.69, 9.17) is 25.2 Å². The van der Waals surface area contributed by atoms with E-state index in [2.05, 4.69) is 11.1 Å². The third kappa shape index (κ3) is 2.87. The summed E-state index contributed by atoms with van der Waals surface area (Å²) in [5, 5.41) is 9.14. The third-order valence-electron chi connectivity index (χ3n) is 4.80. The Bertz CT molecular complexity index is 903. The zero-order valence-electron chi connectivity index (χ0n) is 14.4. The Balaban J connectivity index is 1.80.